The molecule has 21 heavy (non-hydrogen) atoms. The van der Waals surface area contributed by atoms with E-state index in [1.165, 1.54) is 0 Å². The Morgan fingerprint density at radius 3 is 2.24 bits per heavy atom. The first-order chi connectivity index (χ1) is 9.56. The van der Waals surface area contributed by atoms with E-state index in [4.69, 9.17) is 5.11 Å². The standard InChI is InChI=1S/C15H28N2O3S/c1-10-8-17(9-11(2)21-10)14(20)16-12(6-13(18)19)7-15(3,4)5/h10-12H,6-9H2,1-5H3,(H,16,20)(H,18,19). The van der Waals surface area contributed by atoms with Crippen LogP contribution in [0, 0.1) is 5.41 Å². The number of thioether (sulfide) groups is 1. The summed E-state index contributed by atoms with van der Waals surface area (Å²) in [4.78, 5) is 25.2. The SMILES string of the molecule is CC1CN(C(=O)NC(CC(=O)O)CC(C)(C)C)CC(C)S1. The Labute approximate surface area is 131 Å². The van der Waals surface area contributed by atoms with Gasteiger partial charge in [0.05, 0.1) is 6.42 Å². The highest BCUT2D eigenvalue weighted by atomic mass is 32.2. The molecule has 1 aliphatic heterocycles. The first kappa shape index (κ1) is 18.1. The van der Waals surface area contributed by atoms with Crippen LogP contribution in [0.1, 0.15) is 47.5 Å². The highest BCUT2D eigenvalue weighted by molar-refractivity contribution is 8.00. The molecule has 3 unspecified atom stereocenters. The van der Waals surface area contributed by atoms with Gasteiger partial charge >= 0.3 is 12.0 Å². The second kappa shape index (κ2) is 7.38. The van der Waals surface area contributed by atoms with Crippen molar-refractivity contribution in [1.82, 2.24) is 10.2 Å². The van der Waals surface area contributed by atoms with Gasteiger partial charge in [-0.2, -0.15) is 11.8 Å². The van der Waals surface area contributed by atoms with Crippen LogP contribution in [-0.4, -0.2) is 51.6 Å². The van der Waals surface area contributed by atoms with Crippen molar-refractivity contribution in [1.29, 1.82) is 0 Å². The second-order valence-corrected chi connectivity index (χ2v) is 9.05. The van der Waals surface area contributed by atoms with Crippen LogP contribution >= 0.6 is 11.8 Å². The molecule has 0 spiro atoms. The molecule has 1 saturated heterocycles. The van der Waals surface area contributed by atoms with Crippen LogP contribution in [0.25, 0.3) is 0 Å². The summed E-state index contributed by atoms with van der Waals surface area (Å²) in [6, 6.07) is -0.459. The number of carbonyl (C=O) groups is 2. The minimum atomic E-state index is -0.875. The van der Waals surface area contributed by atoms with Crippen molar-refractivity contribution in [3.05, 3.63) is 0 Å². The van der Waals surface area contributed by atoms with Crippen molar-refractivity contribution < 1.29 is 14.7 Å². The van der Waals surface area contributed by atoms with E-state index in [-0.39, 0.29) is 23.9 Å². The van der Waals surface area contributed by atoms with E-state index in [2.05, 4.69) is 39.9 Å². The number of nitrogens with zero attached hydrogens (tertiary/aromatic N) is 1. The maximum atomic E-state index is 12.4. The van der Waals surface area contributed by atoms with Gasteiger partial charge in [0.1, 0.15) is 0 Å². The lowest BCUT2D eigenvalue weighted by atomic mass is 9.87. The molecule has 1 rings (SSSR count). The summed E-state index contributed by atoms with van der Waals surface area (Å²) in [6.07, 6.45) is 0.620. The van der Waals surface area contributed by atoms with Gasteiger partial charge in [-0.1, -0.05) is 34.6 Å². The third-order valence-corrected chi connectivity index (χ3v) is 4.54. The van der Waals surface area contributed by atoms with E-state index >= 15 is 0 Å². The molecule has 1 aliphatic rings. The first-order valence-corrected chi connectivity index (χ1v) is 8.44. The van der Waals surface area contributed by atoms with E-state index in [0.717, 1.165) is 13.1 Å². The molecular formula is C15H28N2O3S. The van der Waals surface area contributed by atoms with Gasteiger partial charge in [-0.05, 0) is 11.8 Å². The molecule has 2 N–H and O–H groups in total. The molecule has 1 heterocycles. The number of nitrogens with one attached hydrogen (secondary N) is 1. The van der Waals surface area contributed by atoms with Crippen LogP contribution in [0.4, 0.5) is 4.79 Å². The van der Waals surface area contributed by atoms with Crippen molar-refractivity contribution in [2.45, 2.75) is 64.0 Å². The van der Waals surface area contributed by atoms with Gasteiger partial charge in [-0.25, -0.2) is 4.79 Å². The molecule has 0 bridgehead atoms. The fourth-order valence-electron chi connectivity index (χ4n) is 2.73. The summed E-state index contributed by atoms with van der Waals surface area (Å²) in [7, 11) is 0. The zero-order valence-corrected chi connectivity index (χ0v) is 14.5. The average molecular weight is 316 g/mol. The third-order valence-electron chi connectivity index (χ3n) is 3.31. The molecule has 5 nitrogen and oxygen atoms in total. The Bertz CT molecular complexity index is 372. The molecule has 3 atom stereocenters. The van der Waals surface area contributed by atoms with E-state index in [1.54, 1.807) is 0 Å². The van der Waals surface area contributed by atoms with Gasteiger partial charge < -0.3 is 15.3 Å². The maximum Gasteiger partial charge on any atom is 0.317 e. The molecule has 0 aromatic rings. The molecular weight excluding hydrogens is 288 g/mol. The zero-order valence-electron chi connectivity index (χ0n) is 13.7. The van der Waals surface area contributed by atoms with Crippen LogP contribution in [-0.2, 0) is 4.79 Å². The summed E-state index contributed by atoms with van der Waals surface area (Å²) in [5, 5.41) is 12.8. The van der Waals surface area contributed by atoms with E-state index < -0.39 is 5.97 Å². The molecule has 0 aromatic carbocycles. The number of hydrogen-bond donors (Lipinski definition) is 2. The highest BCUT2D eigenvalue weighted by Gasteiger charge is 2.29. The summed E-state index contributed by atoms with van der Waals surface area (Å²) < 4.78 is 0. The van der Waals surface area contributed by atoms with Crippen LogP contribution in [0.5, 0.6) is 0 Å². The lowest BCUT2D eigenvalue weighted by Crippen LogP contribution is -2.51. The van der Waals surface area contributed by atoms with Crippen LogP contribution in [0.2, 0.25) is 0 Å². The largest absolute Gasteiger partial charge is 0.481 e. The van der Waals surface area contributed by atoms with Crippen molar-refractivity contribution in [2.24, 2.45) is 5.41 Å². The number of rotatable bonds is 4. The number of carboxylic acid groups (broad SMARTS) is 1. The van der Waals surface area contributed by atoms with E-state index in [1.807, 2.05) is 16.7 Å². The smallest absolute Gasteiger partial charge is 0.317 e. The van der Waals surface area contributed by atoms with E-state index in [9.17, 15) is 9.59 Å². The molecule has 0 saturated carbocycles. The van der Waals surface area contributed by atoms with Crippen molar-refractivity contribution in [2.75, 3.05) is 13.1 Å². The van der Waals surface area contributed by atoms with Crippen molar-refractivity contribution in [3.8, 4) is 0 Å². The summed E-state index contributed by atoms with van der Waals surface area (Å²) in [6.45, 7) is 11.8. The molecule has 0 radical (unpaired) electrons. The topological polar surface area (TPSA) is 69.6 Å². The zero-order chi connectivity index (χ0) is 16.2. The van der Waals surface area contributed by atoms with Crippen LogP contribution in [0.15, 0.2) is 0 Å². The van der Waals surface area contributed by atoms with E-state index in [0.29, 0.717) is 16.9 Å². The third kappa shape index (κ3) is 7.07. The summed E-state index contributed by atoms with van der Waals surface area (Å²) in [5.74, 6) is -0.875. The number of amides is 2. The Hall–Kier alpha value is -0.910. The Morgan fingerprint density at radius 1 is 1.29 bits per heavy atom. The van der Waals surface area contributed by atoms with Crippen molar-refractivity contribution >= 4 is 23.8 Å². The fourth-order valence-corrected chi connectivity index (χ4v) is 4.06. The number of urea groups is 1. The number of hydrogen-bond acceptors (Lipinski definition) is 3. The quantitative estimate of drug-likeness (QED) is 0.837. The Morgan fingerprint density at radius 2 is 1.81 bits per heavy atom. The lowest BCUT2D eigenvalue weighted by molar-refractivity contribution is -0.137. The molecule has 122 valence electrons. The predicted molar refractivity (Wildman–Crippen MR) is 86.7 cm³/mol. The number of aliphatic carboxylic acids is 1. The van der Waals surface area contributed by atoms with Crippen LogP contribution < -0.4 is 5.32 Å². The van der Waals surface area contributed by atoms with Crippen molar-refractivity contribution in [3.63, 3.8) is 0 Å². The van der Waals surface area contributed by atoms with Gasteiger partial charge in [0.25, 0.3) is 0 Å². The molecule has 0 aliphatic carbocycles. The predicted octanol–water partition coefficient (Wildman–Crippen LogP) is 2.80. The maximum absolute atomic E-state index is 12.4. The molecule has 1 fully saturated rings. The van der Waals surface area contributed by atoms with Gasteiger partial charge in [0, 0.05) is 29.6 Å². The molecule has 6 heteroatoms. The Kier molecular flexibility index (Phi) is 6.38. The Balaban J connectivity index is 2.64. The highest BCUT2D eigenvalue weighted by Crippen LogP contribution is 2.25. The number of carbonyl (C=O) groups excluding carboxylic acids is 1. The van der Waals surface area contributed by atoms with Gasteiger partial charge in [0.2, 0.25) is 0 Å². The van der Waals surface area contributed by atoms with Gasteiger partial charge in [-0.3, -0.25) is 4.79 Å². The first-order valence-electron chi connectivity index (χ1n) is 7.49. The second-order valence-electron chi connectivity index (χ2n) is 7.17. The summed E-state index contributed by atoms with van der Waals surface area (Å²) >= 11 is 1.89. The monoisotopic (exact) mass is 316 g/mol. The number of carboxylic acids is 1. The fraction of sp³-hybridized carbons (Fsp3) is 0.867. The lowest BCUT2D eigenvalue weighted by Gasteiger charge is -2.36. The minimum Gasteiger partial charge on any atom is -0.481 e. The van der Waals surface area contributed by atoms with Gasteiger partial charge in [-0.15, -0.1) is 0 Å². The minimum absolute atomic E-state index is 0.0221. The summed E-state index contributed by atoms with van der Waals surface area (Å²) in [5.41, 5.74) is -0.0221. The molecule has 2 amide bonds. The van der Waals surface area contributed by atoms with Gasteiger partial charge in [0.15, 0.2) is 0 Å². The molecule has 0 aromatic heterocycles. The average Bonchev–Trinajstić information content (AvgIpc) is 2.23. The normalized spacial score (nSPS) is 24.5. The van der Waals surface area contributed by atoms with Crippen LogP contribution in [0.3, 0.4) is 0 Å².